The second kappa shape index (κ2) is 3.33. The highest BCUT2D eigenvalue weighted by molar-refractivity contribution is 5.86. The fourth-order valence-electron chi connectivity index (χ4n) is 1.70. The summed E-state index contributed by atoms with van der Waals surface area (Å²) >= 11 is 0. The number of aliphatic carboxylic acids is 2. The first-order chi connectivity index (χ1) is 5.95. The van der Waals surface area contributed by atoms with Crippen molar-refractivity contribution < 1.29 is 19.8 Å². The van der Waals surface area contributed by atoms with Gasteiger partial charge in [-0.3, -0.25) is 9.59 Å². The summed E-state index contributed by atoms with van der Waals surface area (Å²) in [5, 5.41) is 17.3. The van der Waals surface area contributed by atoms with Gasteiger partial charge in [-0.05, 0) is 20.0 Å². The molecule has 0 aromatic heterocycles. The van der Waals surface area contributed by atoms with Gasteiger partial charge in [0.15, 0.2) is 0 Å². The number of hydrogen-bond donors (Lipinski definition) is 2. The first-order valence-electron chi connectivity index (χ1n) is 4.05. The SMILES string of the molecule is CN(C)CC1[C@@H](C(=O)O)[C@@H]1C(=O)O. The Labute approximate surface area is 76.0 Å². The number of carbonyl (C=O) groups is 2. The molecule has 0 saturated heterocycles. The van der Waals surface area contributed by atoms with Gasteiger partial charge in [-0.25, -0.2) is 0 Å². The molecule has 5 nitrogen and oxygen atoms in total. The second-order valence-corrected chi connectivity index (χ2v) is 3.65. The Hall–Kier alpha value is -1.10. The van der Waals surface area contributed by atoms with Crippen LogP contribution < -0.4 is 0 Å². The Balaban J connectivity index is 2.57. The maximum Gasteiger partial charge on any atom is 0.307 e. The molecule has 1 fully saturated rings. The van der Waals surface area contributed by atoms with Gasteiger partial charge in [0, 0.05) is 6.54 Å². The number of carboxylic acid groups (broad SMARTS) is 2. The molecule has 2 N–H and O–H groups in total. The van der Waals surface area contributed by atoms with Crippen molar-refractivity contribution in [3.63, 3.8) is 0 Å². The summed E-state index contributed by atoms with van der Waals surface area (Å²) < 4.78 is 0. The van der Waals surface area contributed by atoms with E-state index in [4.69, 9.17) is 10.2 Å². The van der Waals surface area contributed by atoms with Gasteiger partial charge < -0.3 is 15.1 Å². The monoisotopic (exact) mass is 187 g/mol. The van der Waals surface area contributed by atoms with Crippen molar-refractivity contribution in [2.45, 2.75) is 0 Å². The van der Waals surface area contributed by atoms with Crippen LogP contribution in [0, 0.1) is 17.8 Å². The largest absolute Gasteiger partial charge is 0.481 e. The zero-order valence-corrected chi connectivity index (χ0v) is 7.60. The normalized spacial score (nSPS) is 31.8. The maximum absolute atomic E-state index is 10.6. The Morgan fingerprint density at radius 1 is 1.15 bits per heavy atom. The molecule has 0 radical (unpaired) electrons. The lowest BCUT2D eigenvalue weighted by Crippen LogP contribution is -2.17. The van der Waals surface area contributed by atoms with Gasteiger partial charge in [-0.1, -0.05) is 0 Å². The van der Waals surface area contributed by atoms with Crippen LogP contribution in [0.1, 0.15) is 0 Å². The molecule has 74 valence electrons. The predicted molar refractivity (Wildman–Crippen MR) is 44.3 cm³/mol. The van der Waals surface area contributed by atoms with E-state index < -0.39 is 23.8 Å². The Kier molecular flexibility index (Phi) is 2.56. The lowest BCUT2D eigenvalue weighted by atomic mass is 10.3. The summed E-state index contributed by atoms with van der Waals surface area (Å²) in [6.45, 7) is 0.522. The van der Waals surface area contributed by atoms with E-state index in [1.807, 2.05) is 4.90 Å². The maximum atomic E-state index is 10.6. The summed E-state index contributed by atoms with van der Waals surface area (Å²) in [4.78, 5) is 23.0. The molecule has 0 amide bonds. The lowest BCUT2D eigenvalue weighted by Gasteiger charge is -2.07. The van der Waals surface area contributed by atoms with E-state index in [0.717, 1.165) is 0 Å². The van der Waals surface area contributed by atoms with E-state index in [0.29, 0.717) is 6.54 Å². The highest BCUT2D eigenvalue weighted by Crippen LogP contribution is 2.46. The molecule has 0 aromatic carbocycles. The highest BCUT2D eigenvalue weighted by atomic mass is 16.4. The molecular weight excluding hydrogens is 174 g/mol. The van der Waals surface area contributed by atoms with Crippen molar-refractivity contribution in [1.29, 1.82) is 0 Å². The van der Waals surface area contributed by atoms with Crippen LogP contribution in [-0.4, -0.2) is 47.7 Å². The van der Waals surface area contributed by atoms with Gasteiger partial charge in [-0.15, -0.1) is 0 Å². The van der Waals surface area contributed by atoms with Crippen LogP contribution >= 0.6 is 0 Å². The van der Waals surface area contributed by atoms with Crippen LogP contribution in [0.15, 0.2) is 0 Å². The third kappa shape index (κ3) is 1.98. The number of rotatable bonds is 4. The summed E-state index contributed by atoms with van der Waals surface area (Å²) in [6, 6.07) is 0. The Morgan fingerprint density at radius 3 is 1.77 bits per heavy atom. The van der Waals surface area contributed by atoms with Crippen molar-refractivity contribution in [2.75, 3.05) is 20.6 Å². The molecule has 13 heavy (non-hydrogen) atoms. The van der Waals surface area contributed by atoms with Gasteiger partial charge in [0.2, 0.25) is 0 Å². The third-order valence-corrected chi connectivity index (χ3v) is 2.31. The van der Waals surface area contributed by atoms with Crippen molar-refractivity contribution >= 4 is 11.9 Å². The van der Waals surface area contributed by atoms with Gasteiger partial charge >= 0.3 is 11.9 Å². The number of hydrogen-bond acceptors (Lipinski definition) is 3. The van der Waals surface area contributed by atoms with Crippen LogP contribution in [0.3, 0.4) is 0 Å². The van der Waals surface area contributed by atoms with E-state index in [9.17, 15) is 9.59 Å². The lowest BCUT2D eigenvalue weighted by molar-refractivity contribution is -0.144. The molecular formula is C8H13NO4. The molecule has 0 unspecified atom stereocenters. The van der Waals surface area contributed by atoms with Gasteiger partial charge in [0.05, 0.1) is 11.8 Å². The fourth-order valence-corrected chi connectivity index (χ4v) is 1.70. The van der Waals surface area contributed by atoms with Crippen LogP contribution in [0.4, 0.5) is 0 Å². The van der Waals surface area contributed by atoms with Gasteiger partial charge in [0.1, 0.15) is 0 Å². The first kappa shape index (κ1) is 9.98. The topological polar surface area (TPSA) is 77.8 Å². The first-order valence-corrected chi connectivity index (χ1v) is 4.05. The smallest absolute Gasteiger partial charge is 0.307 e. The summed E-state index contributed by atoms with van der Waals surface area (Å²) in [6.07, 6.45) is 0. The average molecular weight is 187 g/mol. The fraction of sp³-hybridized carbons (Fsp3) is 0.750. The highest BCUT2D eigenvalue weighted by Gasteiger charge is 2.59. The standard InChI is InChI=1S/C8H13NO4/c1-9(2)3-4-5(7(10)11)6(4)8(12)13/h4-6H,3H2,1-2H3,(H,10,11)(H,12,13)/t5-,6-/m1/s1. The predicted octanol–water partition coefficient (Wildman–Crippen LogP) is -0.421. The molecule has 2 atom stereocenters. The van der Waals surface area contributed by atoms with E-state index in [1.165, 1.54) is 0 Å². The summed E-state index contributed by atoms with van der Waals surface area (Å²) in [7, 11) is 3.60. The number of nitrogens with zero attached hydrogens (tertiary/aromatic N) is 1. The molecule has 0 spiro atoms. The Bertz CT molecular complexity index is 218. The summed E-state index contributed by atoms with van der Waals surface area (Å²) in [5.74, 6) is -3.62. The molecule has 1 rings (SSSR count). The molecule has 5 heteroatoms. The number of carboxylic acids is 2. The summed E-state index contributed by atoms with van der Waals surface area (Å²) in [5.41, 5.74) is 0. The van der Waals surface area contributed by atoms with E-state index >= 15 is 0 Å². The van der Waals surface area contributed by atoms with Crippen molar-refractivity contribution in [2.24, 2.45) is 17.8 Å². The molecule has 0 aliphatic heterocycles. The van der Waals surface area contributed by atoms with Crippen molar-refractivity contribution in [3.05, 3.63) is 0 Å². The minimum atomic E-state index is -1.00. The minimum absolute atomic E-state index is 0.231. The van der Waals surface area contributed by atoms with Gasteiger partial charge in [-0.2, -0.15) is 0 Å². The quantitative estimate of drug-likeness (QED) is 0.625. The van der Waals surface area contributed by atoms with Crippen LogP contribution in [-0.2, 0) is 9.59 Å². The third-order valence-electron chi connectivity index (χ3n) is 2.31. The van der Waals surface area contributed by atoms with Crippen molar-refractivity contribution in [3.8, 4) is 0 Å². The second-order valence-electron chi connectivity index (χ2n) is 3.65. The van der Waals surface area contributed by atoms with Crippen LogP contribution in [0.2, 0.25) is 0 Å². The zero-order chi connectivity index (χ0) is 10.2. The van der Waals surface area contributed by atoms with E-state index in [1.54, 1.807) is 14.1 Å². The van der Waals surface area contributed by atoms with Gasteiger partial charge in [0.25, 0.3) is 0 Å². The van der Waals surface area contributed by atoms with Crippen LogP contribution in [0.5, 0.6) is 0 Å². The molecule has 0 aromatic rings. The molecule has 0 bridgehead atoms. The molecule has 1 aliphatic rings. The van der Waals surface area contributed by atoms with Crippen LogP contribution in [0.25, 0.3) is 0 Å². The minimum Gasteiger partial charge on any atom is -0.481 e. The molecule has 1 saturated carbocycles. The molecule has 0 heterocycles. The average Bonchev–Trinajstić information content (AvgIpc) is 2.60. The van der Waals surface area contributed by atoms with Crippen molar-refractivity contribution in [1.82, 2.24) is 4.90 Å². The van der Waals surface area contributed by atoms with E-state index in [-0.39, 0.29) is 5.92 Å². The molecule has 1 aliphatic carbocycles. The Morgan fingerprint density at radius 2 is 1.54 bits per heavy atom. The van der Waals surface area contributed by atoms with E-state index in [2.05, 4.69) is 0 Å². The zero-order valence-electron chi connectivity index (χ0n) is 7.60.